The molecule has 0 amide bonds. The summed E-state index contributed by atoms with van der Waals surface area (Å²) < 4.78 is 0. The first-order valence-electron chi connectivity index (χ1n) is 3.60. The molecule has 0 radical (unpaired) electrons. The van der Waals surface area contributed by atoms with E-state index in [1.54, 1.807) is 6.21 Å². The minimum absolute atomic E-state index is 0.238. The van der Waals surface area contributed by atoms with Crippen molar-refractivity contribution in [2.45, 2.75) is 33.6 Å². The Hall–Kier alpha value is -0.330. The molecule has 52 valence electrons. The topological polar surface area (TPSA) is 23.9 Å². The minimum Gasteiger partial charge on any atom is -0.313 e. The fourth-order valence-corrected chi connectivity index (χ4v) is 1.52. The summed E-state index contributed by atoms with van der Waals surface area (Å²) >= 11 is 0. The molecule has 0 aromatic heterocycles. The van der Waals surface area contributed by atoms with Crippen molar-refractivity contribution in [3.63, 3.8) is 0 Å². The number of hydrogen-bond acceptors (Lipinski definition) is 1. The van der Waals surface area contributed by atoms with Gasteiger partial charge in [-0.25, -0.2) is 0 Å². The maximum atomic E-state index is 7.15. The molecule has 2 unspecified atom stereocenters. The molecule has 1 nitrogen and oxygen atoms in total. The highest BCUT2D eigenvalue weighted by atomic mass is 14.6. The third kappa shape index (κ3) is 0.707. The second-order valence-corrected chi connectivity index (χ2v) is 3.65. The van der Waals surface area contributed by atoms with Crippen molar-refractivity contribution < 1.29 is 0 Å². The van der Waals surface area contributed by atoms with E-state index in [1.807, 2.05) is 0 Å². The highest BCUT2D eigenvalue weighted by Crippen LogP contribution is 2.63. The van der Waals surface area contributed by atoms with Crippen LogP contribution in [0.2, 0.25) is 0 Å². The van der Waals surface area contributed by atoms with E-state index in [-0.39, 0.29) is 5.41 Å². The van der Waals surface area contributed by atoms with Crippen LogP contribution < -0.4 is 0 Å². The van der Waals surface area contributed by atoms with Crippen molar-refractivity contribution >= 4 is 6.21 Å². The van der Waals surface area contributed by atoms with E-state index in [2.05, 4.69) is 20.8 Å². The van der Waals surface area contributed by atoms with Gasteiger partial charge in [0.15, 0.2) is 0 Å². The Morgan fingerprint density at radius 1 is 1.56 bits per heavy atom. The van der Waals surface area contributed by atoms with Gasteiger partial charge >= 0.3 is 0 Å². The van der Waals surface area contributed by atoms with E-state index >= 15 is 0 Å². The van der Waals surface area contributed by atoms with Crippen molar-refractivity contribution in [2.24, 2.45) is 10.8 Å². The zero-order chi connectivity index (χ0) is 7.12. The Morgan fingerprint density at radius 2 is 2.11 bits per heavy atom. The maximum absolute atomic E-state index is 7.15. The van der Waals surface area contributed by atoms with E-state index in [4.69, 9.17) is 5.41 Å². The third-order valence-electron chi connectivity index (χ3n) is 3.11. The van der Waals surface area contributed by atoms with E-state index < -0.39 is 0 Å². The van der Waals surface area contributed by atoms with Crippen molar-refractivity contribution in [2.75, 3.05) is 0 Å². The molecule has 0 spiro atoms. The lowest BCUT2D eigenvalue weighted by Crippen LogP contribution is -2.06. The van der Waals surface area contributed by atoms with Gasteiger partial charge in [-0.2, -0.15) is 0 Å². The molecule has 1 aliphatic carbocycles. The van der Waals surface area contributed by atoms with Crippen LogP contribution in [0.1, 0.15) is 33.6 Å². The second kappa shape index (κ2) is 1.59. The first-order chi connectivity index (χ1) is 4.08. The van der Waals surface area contributed by atoms with Crippen LogP contribution in [0.5, 0.6) is 0 Å². The molecule has 0 aromatic carbocycles. The van der Waals surface area contributed by atoms with Gasteiger partial charge in [-0.05, 0) is 18.3 Å². The first kappa shape index (κ1) is 6.79. The molecule has 0 heterocycles. The summed E-state index contributed by atoms with van der Waals surface area (Å²) in [6.07, 6.45) is 4.02. The van der Waals surface area contributed by atoms with Crippen molar-refractivity contribution in [3.8, 4) is 0 Å². The number of hydrogen-bond donors (Lipinski definition) is 1. The molecule has 0 aliphatic heterocycles. The Kier molecular flexibility index (Phi) is 1.20. The lowest BCUT2D eigenvalue weighted by Gasteiger charge is -2.10. The van der Waals surface area contributed by atoms with Crippen molar-refractivity contribution in [3.05, 3.63) is 0 Å². The summed E-state index contributed by atoms with van der Waals surface area (Å²) in [5.74, 6) is 0. The van der Waals surface area contributed by atoms with E-state index in [0.717, 1.165) is 0 Å². The van der Waals surface area contributed by atoms with Crippen LogP contribution in [0.25, 0.3) is 0 Å². The van der Waals surface area contributed by atoms with Crippen LogP contribution in [-0.2, 0) is 0 Å². The van der Waals surface area contributed by atoms with Gasteiger partial charge in [0.25, 0.3) is 0 Å². The zero-order valence-electron chi connectivity index (χ0n) is 6.49. The van der Waals surface area contributed by atoms with E-state index in [1.165, 1.54) is 12.8 Å². The average molecular weight is 125 g/mol. The Labute approximate surface area is 57.0 Å². The van der Waals surface area contributed by atoms with Gasteiger partial charge in [0.2, 0.25) is 0 Å². The predicted molar refractivity (Wildman–Crippen MR) is 39.9 cm³/mol. The molecule has 0 bridgehead atoms. The van der Waals surface area contributed by atoms with Gasteiger partial charge in [-0.1, -0.05) is 20.8 Å². The summed E-state index contributed by atoms with van der Waals surface area (Å²) in [6, 6.07) is 0. The van der Waals surface area contributed by atoms with Crippen LogP contribution in [0.15, 0.2) is 0 Å². The Morgan fingerprint density at radius 3 is 2.22 bits per heavy atom. The molecule has 1 heteroatoms. The quantitative estimate of drug-likeness (QED) is 0.548. The van der Waals surface area contributed by atoms with Crippen LogP contribution in [0.3, 0.4) is 0 Å². The Bertz CT molecular complexity index is 142. The first-order valence-corrected chi connectivity index (χ1v) is 3.60. The van der Waals surface area contributed by atoms with E-state index in [0.29, 0.717) is 5.41 Å². The van der Waals surface area contributed by atoms with Crippen LogP contribution in [0, 0.1) is 16.2 Å². The minimum atomic E-state index is 0.238. The molecule has 9 heavy (non-hydrogen) atoms. The maximum Gasteiger partial charge on any atom is 0.00807 e. The van der Waals surface area contributed by atoms with Gasteiger partial charge in [-0.3, -0.25) is 0 Å². The van der Waals surface area contributed by atoms with Crippen LogP contribution >= 0.6 is 0 Å². The number of nitrogens with one attached hydrogen (secondary N) is 1. The van der Waals surface area contributed by atoms with Crippen LogP contribution in [-0.4, -0.2) is 6.21 Å². The molecule has 1 saturated carbocycles. The number of rotatable bonds is 2. The van der Waals surface area contributed by atoms with Gasteiger partial charge in [0.05, 0.1) is 0 Å². The zero-order valence-corrected chi connectivity index (χ0v) is 6.49. The van der Waals surface area contributed by atoms with E-state index in [9.17, 15) is 0 Å². The van der Waals surface area contributed by atoms with Gasteiger partial charge in [-0.15, -0.1) is 0 Å². The summed E-state index contributed by atoms with van der Waals surface area (Å²) in [5, 5.41) is 7.15. The summed E-state index contributed by atoms with van der Waals surface area (Å²) in [5.41, 5.74) is 0.691. The van der Waals surface area contributed by atoms with Gasteiger partial charge in [0, 0.05) is 11.6 Å². The SMILES string of the molecule is CCC1(C)CC1(C)C=N. The second-order valence-electron chi connectivity index (χ2n) is 3.65. The molecule has 1 rings (SSSR count). The average Bonchev–Trinajstić information content (AvgIpc) is 2.39. The molecular weight excluding hydrogens is 110 g/mol. The summed E-state index contributed by atoms with van der Waals surface area (Å²) in [4.78, 5) is 0. The normalized spacial score (nSPS) is 48.8. The molecule has 0 aromatic rings. The lowest BCUT2D eigenvalue weighted by molar-refractivity contribution is 0.463. The third-order valence-corrected chi connectivity index (χ3v) is 3.11. The highest BCUT2D eigenvalue weighted by molar-refractivity contribution is 5.68. The fraction of sp³-hybridized carbons (Fsp3) is 0.875. The lowest BCUT2D eigenvalue weighted by atomic mass is 9.95. The van der Waals surface area contributed by atoms with Crippen molar-refractivity contribution in [1.29, 1.82) is 5.41 Å². The largest absolute Gasteiger partial charge is 0.313 e. The molecule has 1 N–H and O–H groups in total. The molecule has 1 fully saturated rings. The predicted octanol–water partition coefficient (Wildman–Crippen LogP) is 2.46. The molecule has 2 atom stereocenters. The standard InChI is InChI=1S/C8H15N/c1-4-7(2)5-8(7,3)6-9/h6,9H,4-5H2,1-3H3. The van der Waals surface area contributed by atoms with Gasteiger partial charge < -0.3 is 5.41 Å². The summed E-state index contributed by atoms with van der Waals surface area (Å²) in [6.45, 7) is 6.64. The molecular formula is C8H15N. The molecule has 1 aliphatic rings. The molecule has 0 saturated heterocycles. The van der Waals surface area contributed by atoms with Crippen LogP contribution in [0.4, 0.5) is 0 Å². The highest BCUT2D eigenvalue weighted by Gasteiger charge is 2.58. The fourth-order valence-electron chi connectivity index (χ4n) is 1.52. The smallest absolute Gasteiger partial charge is 0.00807 e. The Balaban J connectivity index is 2.64. The van der Waals surface area contributed by atoms with Gasteiger partial charge in [0.1, 0.15) is 0 Å². The monoisotopic (exact) mass is 125 g/mol. The summed E-state index contributed by atoms with van der Waals surface area (Å²) in [7, 11) is 0. The van der Waals surface area contributed by atoms with Crippen molar-refractivity contribution in [1.82, 2.24) is 0 Å².